The summed E-state index contributed by atoms with van der Waals surface area (Å²) in [5.41, 5.74) is -0.0969. The third-order valence-electron chi connectivity index (χ3n) is 7.57. The number of hydrogen-bond donors (Lipinski definition) is 1. The summed E-state index contributed by atoms with van der Waals surface area (Å²) in [4.78, 5) is 34.4. The van der Waals surface area contributed by atoms with Crippen LogP contribution in [0.5, 0.6) is 0 Å². The van der Waals surface area contributed by atoms with E-state index in [0.29, 0.717) is 10.4 Å². The van der Waals surface area contributed by atoms with E-state index < -0.39 is 26.8 Å². The fraction of sp³-hybridized carbons (Fsp3) is 0.462. The van der Waals surface area contributed by atoms with Crippen LogP contribution in [-0.2, 0) is 34.9 Å². The molecule has 0 spiro atoms. The molecule has 1 N–H and O–H groups in total. The van der Waals surface area contributed by atoms with Crippen LogP contribution in [0.2, 0.25) is 0 Å². The second-order valence-corrected chi connectivity index (χ2v) is 13.8. The number of nitrogens with one attached hydrogen (secondary N) is 1. The van der Waals surface area contributed by atoms with Gasteiger partial charge in [0.2, 0.25) is 0 Å². The van der Waals surface area contributed by atoms with Crippen LogP contribution in [0.25, 0.3) is 10.2 Å². The third kappa shape index (κ3) is 5.11. The molecule has 2 fully saturated rings. The van der Waals surface area contributed by atoms with Gasteiger partial charge >= 0.3 is 5.69 Å². The molecule has 4 aromatic rings. The molecule has 212 valence electrons. The van der Waals surface area contributed by atoms with Gasteiger partial charge in [0.05, 0.1) is 30.8 Å². The second-order valence-electron chi connectivity index (χ2n) is 10.8. The summed E-state index contributed by atoms with van der Waals surface area (Å²) in [5, 5.41) is 4.32. The van der Waals surface area contributed by atoms with E-state index in [1.54, 1.807) is 37.4 Å². The molecule has 1 saturated heterocycles. The van der Waals surface area contributed by atoms with Crippen LogP contribution in [0.15, 0.2) is 50.6 Å². The Bertz CT molecular complexity index is 1800. The standard InChI is InChI=1S/C26H31N7O5S2/c1-26(7-8-26)29-40(36,37)22-10-20-23(34)32(15-18-12-28-30(2)13-18)25(35)33(24(20)39-22)14-17-4-5-21(27-11-17)31-9-6-19(16-31)38-3/h4-5,10-13,19,29H,6-9,14-16H2,1-3H3/t19-/m0/s1. The first-order valence-corrected chi connectivity index (χ1v) is 15.4. The van der Waals surface area contributed by atoms with Crippen LogP contribution in [-0.4, -0.2) is 64.2 Å². The Balaban J connectivity index is 1.40. The lowest BCUT2D eigenvalue weighted by molar-refractivity contribution is 0.121. The molecule has 6 rings (SSSR count). The highest BCUT2D eigenvalue weighted by Gasteiger charge is 2.42. The zero-order valence-corrected chi connectivity index (χ0v) is 24.2. The average Bonchev–Trinajstić information content (AvgIpc) is 3.35. The van der Waals surface area contributed by atoms with Crippen LogP contribution < -0.4 is 20.9 Å². The van der Waals surface area contributed by atoms with Crippen LogP contribution >= 0.6 is 11.3 Å². The van der Waals surface area contributed by atoms with E-state index >= 15 is 0 Å². The largest absolute Gasteiger partial charge is 0.380 e. The van der Waals surface area contributed by atoms with E-state index in [2.05, 4.69) is 19.7 Å². The zero-order chi connectivity index (χ0) is 28.2. The van der Waals surface area contributed by atoms with E-state index in [4.69, 9.17) is 4.74 Å². The Hall–Kier alpha value is -3.33. The normalized spacial score (nSPS) is 18.6. The molecule has 1 aliphatic carbocycles. The van der Waals surface area contributed by atoms with Gasteiger partial charge in [0.15, 0.2) is 0 Å². The molecule has 40 heavy (non-hydrogen) atoms. The van der Waals surface area contributed by atoms with Gasteiger partial charge in [-0.15, -0.1) is 11.3 Å². The van der Waals surface area contributed by atoms with Crippen molar-refractivity contribution in [2.75, 3.05) is 25.1 Å². The minimum Gasteiger partial charge on any atom is -0.380 e. The van der Waals surface area contributed by atoms with Crippen LogP contribution in [0.4, 0.5) is 5.82 Å². The van der Waals surface area contributed by atoms with Gasteiger partial charge < -0.3 is 9.64 Å². The molecule has 0 amide bonds. The number of hydrogen-bond acceptors (Lipinski definition) is 9. The highest BCUT2D eigenvalue weighted by atomic mass is 32.2. The van der Waals surface area contributed by atoms with E-state index in [1.165, 1.54) is 10.6 Å². The fourth-order valence-electron chi connectivity index (χ4n) is 5.00. The highest BCUT2D eigenvalue weighted by molar-refractivity contribution is 7.91. The number of aryl methyl sites for hydroxylation is 1. The first kappa shape index (κ1) is 26.9. The number of nitrogens with zero attached hydrogens (tertiary/aromatic N) is 6. The van der Waals surface area contributed by atoms with Gasteiger partial charge in [0, 0.05) is 50.7 Å². The summed E-state index contributed by atoms with van der Waals surface area (Å²) < 4.78 is 38.7. The first-order chi connectivity index (χ1) is 19.0. The molecule has 0 unspecified atom stereocenters. The molecule has 0 radical (unpaired) electrons. The van der Waals surface area contributed by atoms with Gasteiger partial charge in [-0.05, 0) is 43.9 Å². The van der Waals surface area contributed by atoms with Crippen molar-refractivity contribution in [2.45, 2.75) is 55.1 Å². The lowest BCUT2D eigenvalue weighted by atomic mass is 10.2. The summed E-state index contributed by atoms with van der Waals surface area (Å²) in [5.74, 6) is 0.825. The van der Waals surface area contributed by atoms with Crippen molar-refractivity contribution in [3.63, 3.8) is 0 Å². The van der Waals surface area contributed by atoms with Gasteiger partial charge in [0.25, 0.3) is 15.6 Å². The maximum absolute atomic E-state index is 13.8. The topological polar surface area (TPSA) is 133 Å². The molecule has 1 saturated carbocycles. The van der Waals surface area contributed by atoms with Crippen molar-refractivity contribution in [3.05, 3.63) is 68.8 Å². The minimum atomic E-state index is -3.86. The smallest absolute Gasteiger partial charge is 0.332 e. The van der Waals surface area contributed by atoms with Crippen molar-refractivity contribution in [2.24, 2.45) is 7.05 Å². The minimum absolute atomic E-state index is 0.00945. The van der Waals surface area contributed by atoms with Gasteiger partial charge in [0.1, 0.15) is 14.9 Å². The summed E-state index contributed by atoms with van der Waals surface area (Å²) in [6.07, 6.45) is 7.67. The Morgan fingerprint density at radius 2 is 1.93 bits per heavy atom. The lowest BCUT2D eigenvalue weighted by Gasteiger charge is -2.17. The molecule has 12 nitrogen and oxygen atoms in total. The number of rotatable bonds is 9. The number of pyridine rings is 1. The van der Waals surface area contributed by atoms with Crippen molar-refractivity contribution in [1.29, 1.82) is 0 Å². The number of anilines is 1. The lowest BCUT2D eigenvalue weighted by Crippen LogP contribution is -2.40. The van der Waals surface area contributed by atoms with Crippen LogP contribution in [0, 0.1) is 0 Å². The maximum atomic E-state index is 13.8. The van der Waals surface area contributed by atoms with E-state index in [0.717, 1.165) is 59.6 Å². The average molecular weight is 586 g/mol. The van der Waals surface area contributed by atoms with E-state index in [9.17, 15) is 18.0 Å². The predicted octanol–water partition coefficient (Wildman–Crippen LogP) is 1.51. The monoisotopic (exact) mass is 585 g/mol. The SMILES string of the molecule is CO[C@H]1CCN(c2ccc(Cn3c(=O)n(Cc4cnn(C)c4)c(=O)c4cc(S(=O)(=O)NC5(C)CC5)sc43)cn2)C1. The number of methoxy groups -OCH3 is 1. The summed E-state index contributed by atoms with van der Waals surface area (Å²) in [6, 6.07) is 5.19. The molecule has 5 heterocycles. The van der Waals surface area contributed by atoms with Crippen molar-refractivity contribution in [3.8, 4) is 0 Å². The molecular formula is C26H31N7O5S2. The molecule has 1 atom stereocenters. The second kappa shape index (κ2) is 9.94. The molecule has 1 aliphatic heterocycles. The van der Waals surface area contributed by atoms with Gasteiger partial charge in [-0.1, -0.05) is 6.07 Å². The fourth-order valence-corrected chi connectivity index (χ4v) is 7.90. The van der Waals surface area contributed by atoms with E-state index in [1.807, 2.05) is 19.1 Å². The maximum Gasteiger partial charge on any atom is 0.332 e. The number of fused-ring (bicyclic) bond motifs is 1. The number of sulfonamides is 1. The summed E-state index contributed by atoms with van der Waals surface area (Å²) in [6.45, 7) is 3.61. The van der Waals surface area contributed by atoms with Gasteiger partial charge in [-0.3, -0.25) is 18.6 Å². The van der Waals surface area contributed by atoms with Gasteiger partial charge in [-0.2, -0.15) is 5.10 Å². The summed E-state index contributed by atoms with van der Waals surface area (Å²) in [7, 11) is -0.399. The molecule has 14 heteroatoms. The van der Waals surface area contributed by atoms with Crippen LogP contribution in [0.3, 0.4) is 0 Å². The predicted molar refractivity (Wildman–Crippen MR) is 152 cm³/mol. The molecular weight excluding hydrogens is 554 g/mol. The van der Waals surface area contributed by atoms with Gasteiger partial charge in [-0.25, -0.2) is 22.9 Å². The Labute approximate surface area is 234 Å². The zero-order valence-electron chi connectivity index (χ0n) is 22.5. The van der Waals surface area contributed by atoms with Crippen molar-refractivity contribution < 1.29 is 13.2 Å². The summed E-state index contributed by atoms with van der Waals surface area (Å²) >= 11 is 0.932. The molecule has 2 aliphatic rings. The number of aromatic nitrogens is 5. The van der Waals surface area contributed by atoms with Crippen molar-refractivity contribution >= 4 is 37.4 Å². The van der Waals surface area contributed by atoms with Crippen LogP contribution in [0.1, 0.15) is 37.3 Å². The number of thiophene rings is 1. The molecule has 0 aromatic carbocycles. The Morgan fingerprint density at radius 1 is 1.15 bits per heavy atom. The third-order valence-corrected chi connectivity index (χ3v) is 10.8. The quantitative estimate of drug-likeness (QED) is 0.313. The number of ether oxygens (including phenoxy) is 1. The Morgan fingerprint density at radius 3 is 2.55 bits per heavy atom. The Kier molecular flexibility index (Phi) is 6.68. The molecule has 0 bridgehead atoms. The molecule has 4 aromatic heterocycles. The highest BCUT2D eigenvalue weighted by Crippen LogP contribution is 2.37. The van der Waals surface area contributed by atoms with Crippen molar-refractivity contribution in [1.82, 2.24) is 28.6 Å². The van der Waals surface area contributed by atoms with E-state index in [-0.39, 0.29) is 28.8 Å². The first-order valence-electron chi connectivity index (χ1n) is 13.1.